The lowest BCUT2D eigenvalue weighted by molar-refractivity contribution is -0.115. The van der Waals surface area contributed by atoms with E-state index in [-0.39, 0.29) is 28.7 Å². The van der Waals surface area contributed by atoms with E-state index in [0.717, 1.165) is 86.6 Å². The van der Waals surface area contributed by atoms with Crippen molar-refractivity contribution in [3.8, 4) is 11.5 Å². The Hall–Kier alpha value is -3.36. The van der Waals surface area contributed by atoms with Gasteiger partial charge in [0, 0.05) is 47.0 Å². The van der Waals surface area contributed by atoms with Crippen molar-refractivity contribution in [3.05, 3.63) is 54.0 Å². The average molecular weight is 518 g/mol. The fourth-order valence-electron chi connectivity index (χ4n) is 6.47. The molecule has 0 spiro atoms. The summed E-state index contributed by atoms with van der Waals surface area (Å²) < 4.78 is 24.9. The van der Waals surface area contributed by atoms with Gasteiger partial charge in [0.15, 0.2) is 5.82 Å². The molecule has 3 aromatic rings. The minimum Gasteiger partial charge on any atom is -0.424 e. The highest BCUT2D eigenvalue weighted by Crippen LogP contribution is 2.62. The number of halogens is 1. The summed E-state index contributed by atoms with van der Waals surface area (Å²) in [7, 11) is 0. The van der Waals surface area contributed by atoms with E-state index in [4.69, 9.17) is 8.94 Å². The molecule has 7 rings (SSSR count). The molecule has 4 fully saturated rings. The molecule has 0 N–H and O–H groups in total. The Balaban J connectivity index is 1.17. The molecule has 2 aromatic heterocycles. The molecule has 0 saturated heterocycles. The van der Waals surface area contributed by atoms with Gasteiger partial charge in [-0.1, -0.05) is 17.8 Å². The van der Waals surface area contributed by atoms with Gasteiger partial charge < -0.3 is 13.8 Å². The molecule has 8 nitrogen and oxygen atoms in total. The summed E-state index contributed by atoms with van der Waals surface area (Å²) in [5.74, 6) is 3.32. The third-order valence-electron chi connectivity index (χ3n) is 9.03. The first kappa shape index (κ1) is 23.7. The standard InChI is InChI=1S/C29H32FN5O3/c1-18(9-14-30)26(36)35(22-4-2-3-21(15-22)24-31-23(34-38-24)19-5-6-19)17-28-10-12-29(16-28,13-11-28)27-33-32-25(37-27)20-7-8-20/h2-4,15,19-20H,1,5-14,16-17H2. The van der Waals surface area contributed by atoms with Gasteiger partial charge in [0.2, 0.25) is 11.8 Å². The van der Waals surface area contributed by atoms with Crippen LogP contribution in [0.4, 0.5) is 10.1 Å². The van der Waals surface area contributed by atoms with Crippen LogP contribution in [-0.2, 0) is 10.2 Å². The summed E-state index contributed by atoms with van der Waals surface area (Å²) in [6.45, 7) is 3.83. The maximum Gasteiger partial charge on any atom is 0.258 e. The van der Waals surface area contributed by atoms with E-state index in [1.54, 1.807) is 4.90 Å². The largest absolute Gasteiger partial charge is 0.424 e. The van der Waals surface area contributed by atoms with E-state index in [1.165, 1.54) is 0 Å². The predicted octanol–water partition coefficient (Wildman–Crippen LogP) is 6.03. The normalized spacial score (nSPS) is 26.1. The van der Waals surface area contributed by atoms with Crippen molar-refractivity contribution in [2.45, 2.75) is 81.5 Å². The number of benzene rings is 1. The summed E-state index contributed by atoms with van der Waals surface area (Å²) in [6, 6.07) is 7.63. The summed E-state index contributed by atoms with van der Waals surface area (Å²) in [5, 5.41) is 13.0. The first-order chi connectivity index (χ1) is 18.5. The SMILES string of the molecule is C=C(CCF)C(=O)N(CC12CCC(c3nnc(C4CC4)o3)(CC1)C2)c1cccc(-c2nc(C3CC3)no2)c1. The molecule has 2 heterocycles. The zero-order valence-corrected chi connectivity index (χ0v) is 21.5. The van der Waals surface area contributed by atoms with Gasteiger partial charge in [0.1, 0.15) is 0 Å². The van der Waals surface area contributed by atoms with Crippen LogP contribution in [0.25, 0.3) is 11.5 Å². The second-order valence-corrected chi connectivity index (χ2v) is 11.9. The van der Waals surface area contributed by atoms with Gasteiger partial charge in [-0.05, 0) is 81.4 Å². The molecule has 2 bridgehead atoms. The number of aromatic nitrogens is 4. The van der Waals surface area contributed by atoms with Crippen LogP contribution in [0, 0.1) is 5.41 Å². The first-order valence-corrected chi connectivity index (χ1v) is 13.8. The van der Waals surface area contributed by atoms with E-state index in [2.05, 4.69) is 26.9 Å². The third-order valence-corrected chi connectivity index (χ3v) is 9.03. The molecular formula is C29H32FN5O3. The Morgan fingerprint density at radius 2 is 1.89 bits per heavy atom. The number of fused-ring (bicyclic) bond motifs is 2. The van der Waals surface area contributed by atoms with Crippen molar-refractivity contribution in [3.63, 3.8) is 0 Å². The number of hydrogen-bond acceptors (Lipinski definition) is 7. The Bertz CT molecular complexity index is 1380. The molecular weight excluding hydrogens is 485 g/mol. The summed E-state index contributed by atoms with van der Waals surface area (Å²) in [5.41, 5.74) is 1.58. The van der Waals surface area contributed by atoms with Crippen molar-refractivity contribution in [1.82, 2.24) is 20.3 Å². The third kappa shape index (κ3) is 4.16. The Morgan fingerprint density at radius 1 is 1.11 bits per heavy atom. The highest BCUT2D eigenvalue weighted by atomic mass is 19.1. The van der Waals surface area contributed by atoms with E-state index in [1.807, 2.05) is 24.3 Å². The van der Waals surface area contributed by atoms with Crippen LogP contribution in [0.5, 0.6) is 0 Å². The molecule has 4 aliphatic rings. The van der Waals surface area contributed by atoms with Crippen LogP contribution in [0.15, 0.2) is 45.4 Å². The van der Waals surface area contributed by atoms with E-state index < -0.39 is 6.67 Å². The predicted molar refractivity (Wildman–Crippen MR) is 137 cm³/mol. The van der Waals surface area contributed by atoms with Crippen LogP contribution >= 0.6 is 0 Å². The maximum atomic E-state index is 13.6. The minimum absolute atomic E-state index is 0.0201. The van der Waals surface area contributed by atoms with Gasteiger partial charge in [-0.3, -0.25) is 9.18 Å². The van der Waals surface area contributed by atoms with Gasteiger partial charge in [-0.2, -0.15) is 4.98 Å². The molecule has 0 atom stereocenters. The van der Waals surface area contributed by atoms with Gasteiger partial charge >= 0.3 is 0 Å². The average Bonchev–Trinajstić information content (AvgIpc) is 3.77. The van der Waals surface area contributed by atoms with Crippen molar-refractivity contribution in [1.29, 1.82) is 0 Å². The lowest BCUT2D eigenvalue weighted by Crippen LogP contribution is -2.40. The molecule has 38 heavy (non-hydrogen) atoms. The zero-order valence-electron chi connectivity index (χ0n) is 21.5. The number of hydrogen-bond donors (Lipinski definition) is 0. The number of alkyl halides is 1. The molecule has 0 radical (unpaired) electrons. The quantitative estimate of drug-likeness (QED) is 0.303. The van der Waals surface area contributed by atoms with Gasteiger partial charge in [-0.25, -0.2) is 0 Å². The molecule has 4 saturated carbocycles. The highest BCUT2D eigenvalue weighted by Gasteiger charge is 2.58. The van der Waals surface area contributed by atoms with Crippen LogP contribution in [-0.4, -0.2) is 39.5 Å². The van der Waals surface area contributed by atoms with Crippen LogP contribution in [0.3, 0.4) is 0 Å². The number of rotatable bonds is 10. The number of nitrogens with zero attached hydrogens (tertiary/aromatic N) is 5. The second-order valence-electron chi connectivity index (χ2n) is 11.9. The second kappa shape index (κ2) is 8.85. The van der Waals surface area contributed by atoms with Crippen LogP contribution in [0.1, 0.15) is 93.6 Å². The van der Waals surface area contributed by atoms with Crippen molar-refractivity contribution >= 4 is 11.6 Å². The Kier molecular flexibility index (Phi) is 5.53. The molecule has 1 amide bonds. The number of amides is 1. The fraction of sp³-hybridized carbons (Fsp3) is 0.552. The highest BCUT2D eigenvalue weighted by molar-refractivity contribution is 6.05. The van der Waals surface area contributed by atoms with Crippen molar-refractivity contribution in [2.24, 2.45) is 5.41 Å². The van der Waals surface area contributed by atoms with Gasteiger partial charge in [0.25, 0.3) is 11.8 Å². The first-order valence-electron chi connectivity index (χ1n) is 13.8. The maximum absolute atomic E-state index is 13.6. The molecule has 1 aromatic carbocycles. The summed E-state index contributed by atoms with van der Waals surface area (Å²) in [6.07, 6.45) is 9.25. The smallest absolute Gasteiger partial charge is 0.258 e. The Morgan fingerprint density at radius 3 is 2.63 bits per heavy atom. The lowest BCUT2D eigenvalue weighted by Gasteiger charge is -2.34. The van der Waals surface area contributed by atoms with Gasteiger partial charge in [0.05, 0.1) is 6.67 Å². The topological polar surface area (TPSA) is 98.2 Å². The van der Waals surface area contributed by atoms with E-state index >= 15 is 0 Å². The van der Waals surface area contributed by atoms with E-state index in [9.17, 15) is 9.18 Å². The number of anilines is 1. The number of carbonyl (C=O) groups is 1. The lowest BCUT2D eigenvalue weighted by atomic mass is 9.81. The van der Waals surface area contributed by atoms with Gasteiger partial charge in [-0.15, -0.1) is 10.2 Å². The van der Waals surface area contributed by atoms with E-state index in [0.29, 0.717) is 24.3 Å². The summed E-state index contributed by atoms with van der Waals surface area (Å²) >= 11 is 0. The minimum atomic E-state index is -0.612. The zero-order chi connectivity index (χ0) is 25.9. The monoisotopic (exact) mass is 517 g/mol. The molecule has 0 unspecified atom stereocenters. The molecule has 198 valence electrons. The Labute approximate surface area is 220 Å². The fourth-order valence-corrected chi connectivity index (χ4v) is 6.47. The van der Waals surface area contributed by atoms with Crippen LogP contribution in [0.2, 0.25) is 0 Å². The molecule has 0 aliphatic heterocycles. The van der Waals surface area contributed by atoms with Crippen molar-refractivity contribution < 1.29 is 18.1 Å². The van der Waals surface area contributed by atoms with Crippen molar-refractivity contribution in [2.75, 3.05) is 18.1 Å². The summed E-state index contributed by atoms with van der Waals surface area (Å²) in [4.78, 5) is 20.0. The molecule has 4 aliphatic carbocycles. The number of carbonyl (C=O) groups excluding carboxylic acids is 1. The molecule has 9 heteroatoms. The van der Waals surface area contributed by atoms with Crippen LogP contribution < -0.4 is 4.90 Å².